The number of anilines is 3. The van der Waals surface area contributed by atoms with E-state index in [4.69, 9.17) is 15.5 Å². The summed E-state index contributed by atoms with van der Waals surface area (Å²) in [5, 5.41) is 0.628. The summed E-state index contributed by atoms with van der Waals surface area (Å²) in [6.07, 6.45) is 0.845. The molecule has 4 atom stereocenters. The molecule has 0 aromatic carbocycles. The lowest BCUT2D eigenvalue weighted by Crippen LogP contribution is -2.35. The van der Waals surface area contributed by atoms with Gasteiger partial charge in [0.05, 0.1) is 12.2 Å². The van der Waals surface area contributed by atoms with Crippen molar-refractivity contribution in [1.29, 1.82) is 0 Å². The van der Waals surface area contributed by atoms with E-state index in [1.807, 2.05) is 22.7 Å². The van der Waals surface area contributed by atoms with Gasteiger partial charge in [-0.2, -0.15) is 16.7 Å². The fourth-order valence-corrected chi connectivity index (χ4v) is 5.74. The second-order valence-corrected chi connectivity index (χ2v) is 9.34. The minimum atomic E-state index is -1.51. The molecule has 3 fully saturated rings. The number of pyridine rings is 1. The van der Waals surface area contributed by atoms with E-state index < -0.39 is 12.5 Å². The Balaban J connectivity index is 1.55. The molecule has 0 amide bonds. The maximum atomic E-state index is 13.8. The minimum absolute atomic E-state index is 0.117. The molecule has 2 bridgehead atoms. The first-order valence-corrected chi connectivity index (χ1v) is 11.2. The lowest BCUT2D eigenvalue weighted by atomic mass is 10.2. The van der Waals surface area contributed by atoms with Crippen LogP contribution in [-0.2, 0) is 0 Å². The number of halogens is 2. The largest absolute Gasteiger partial charge is 0.457 e. The standard InChI is InChI=1S/C20H24F2N6OS/c1-11(21)29-17-4-12(7-24-19(17)23)16-6-18(28-9-15-5-14(28)10-30-15)26-20(25-16)27-3-2-13(22)8-27/h4,6-7,11,13-15H,2-3,5,8-10H2,1H3,(H2,23,24)/t11?,13-,14+,15+/m1/s1. The predicted octanol–water partition coefficient (Wildman–Crippen LogP) is 3.06. The second kappa shape index (κ2) is 7.72. The third-order valence-corrected chi connectivity index (χ3v) is 7.17. The number of alkyl halides is 2. The van der Waals surface area contributed by atoms with E-state index >= 15 is 0 Å². The number of nitrogen functional groups attached to an aromatic ring is 1. The molecule has 0 aliphatic carbocycles. The van der Waals surface area contributed by atoms with Crippen molar-refractivity contribution in [2.24, 2.45) is 0 Å². The number of thioether (sulfide) groups is 1. The van der Waals surface area contributed by atoms with Gasteiger partial charge in [-0.3, -0.25) is 0 Å². The highest BCUT2D eigenvalue weighted by Gasteiger charge is 2.39. The molecule has 3 aliphatic rings. The Bertz CT molecular complexity index is 948. The van der Waals surface area contributed by atoms with Crippen LogP contribution in [0.4, 0.5) is 26.4 Å². The maximum Gasteiger partial charge on any atom is 0.236 e. The Hall–Kier alpha value is -2.36. The molecular formula is C20H24F2N6OS. The Morgan fingerprint density at radius 3 is 2.83 bits per heavy atom. The third-order valence-electron chi connectivity index (χ3n) is 5.78. The van der Waals surface area contributed by atoms with Crippen LogP contribution in [-0.4, -0.2) is 64.2 Å². The van der Waals surface area contributed by atoms with Gasteiger partial charge in [0.1, 0.15) is 12.0 Å². The molecule has 1 unspecified atom stereocenters. The zero-order valence-corrected chi connectivity index (χ0v) is 17.5. The summed E-state index contributed by atoms with van der Waals surface area (Å²) in [6, 6.07) is 4.02. The fourth-order valence-electron chi connectivity index (χ4n) is 4.30. The minimum Gasteiger partial charge on any atom is -0.457 e. The van der Waals surface area contributed by atoms with Crippen molar-refractivity contribution >= 4 is 29.3 Å². The molecular weight excluding hydrogens is 410 g/mol. The lowest BCUT2D eigenvalue weighted by Gasteiger charge is -2.29. The topological polar surface area (TPSA) is 80.4 Å². The molecule has 5 heterocycles. The van der Waals surface area contributed by atoms with Crippen LogP contribution in [0.25, 0.3) is 11.3 Å². The molecule has 2 N–H and O–H groups in total. The highest BCUT2D eigenvalue weighted by atomic mass is 32.2. The van der Waals surface area contributed by atoms with Crippen molar-refractivity contribution in [3.63, 3.8) is 0 Å². The number of hydrogen-bond donors (Lipinski definition) is 1. The Kier molecular flexibility index (Phi) is 5.04. The molecule has 160 valence electrons. The molecule has 2 aromatic rings. The normalized spacial score (nSPS) is 26.4. The molecule has 7 nitrogen and oxygen atoms in total. The zero-order valence-electron chi connectivity index (χ0n) is 16.7. The van der Waals surface area contributed by atoms with Crippen LogP contribution in [0.3, 0.4) is 0 Å². The molecule has 5 rings (SSSR count). The van der Waals surface area contributed by atoms with E-state index in [-0.39, 0.29) is 11.6 Å². The first kappa shape index (κ1) is 19.6. The van der Waals surface area contributed by atoms with Crippen LogP contribution < -0.4 is 20.3 Å². The summed E-state index contributed by atoms with van der Waals surface area (Å²) in [7, 11) is 0. The summed E-state index contributed by atoms with van der Waals surface area (Å²) in [6.45, 7) is 3.11. The summed E-state index contributed by atoms with van der Waals surface area (Å²) < 4.78 is 32.4. The van der Waals surface area contributed by atoms with Gasteiger partial charge in [-0.15, -0.1) is 0 Å². The van der Waals surface area contributed by atoms with Crippen LogP contribution in [0.1, 0.15) is 19.8 Å². The van der Waals surface area contributed by atoms with Crippen molar-refractivity contribution in [3.05, 3.63) is 18.3 Å². The average molecular weight is 435 g/mol. The van der Waals surface area contributed by atoms with Crippen LogP contribution in [0.5, 0.6) is 5.75 Å². The summed E-state index contributed by atoms with van der Waals surface area (Å²) >= 11 is 2.01. The summed E-state index contributed by atoms with van der Waals surface area (Å²) in [5.41, 5.74) is 7.12. The van der Waals surface area contributed by atoms with Crippen LogP contribution in [0.2, 0.25) is 0 Å². The van der Waals surface area contributed by atoms with Crippen molar-refractivity contribution in [3.8, 4) is 17.0 Å². The molecule has 0 saturated carbocycles. The number of aromatic nitrogens is 3. The van der Waals surface area contributed by atoms with Crippen molar-refractivity contribution < 1.29 is 13.5 Å². The molecule has 0 radical (unpaired) electrons. The van der Waals surface area contributed by atoms with Crippen molar-refractivity contribution in [2.75, 3.05) is 40.9 Å². The third kappa shape index (κ3) is 3.73. The number of ether oxygens (including phenoxy) is 1. The molecule has 2 aromatic heterocycles. The van der Waals surface area contributed by atoms with Gasteiger partial charge < -0.3 is 20.3 Å². The fraction of sp³-hybridized carbons (Fsp3) is 0.550. The van der Waals surface area contributed by atoms with Crippen molar-refractivity contribution in [2.45, 2.75) is 43.6 Å². The first-order valence-electron chi connectivity index (χ1n) is 10.2. The van der Waals surface area contributed by atoms with Gasteiger partial charge in [-0.05, 0) is 18.9 Å². The Morgan fingerprint density at radius 2 is 2.17 bits per heavy atom. The average Bonchev–Trinajstić information content (AvgIpc) is 3.46. The molecule has 0 spiro atoms. The van der Waals surface area contributed by atoms with Gasteiger partial charge >= 0.3 is 0 Å². The molecule has 30 heavy (non-hydrogen) atoms. The van der Waals surface area contributed by atoms with Gasteiger partial charge in [0.15, 0.2) is 11.6 Å². The second-order valence-electron chi connectivity index (χ2n) is 8.01. The number of rotatable bonds is 5. The van der Waals surface area contributed by atoms with E-state index in [9.17, 15) is 8.78 Å². The smallest absolute Gasteiger partial charge is 0.236 e. The van der Waals surface area contributed by atoms with Gasteiger partial charge in [0.25, 0.3) is 0 Å². The van der Waals surface area contributed by atoms with Gasteiger partial charge in [0.2, 0.25) is 12.3 Å². The summed E-state index contributed by atoms with van der Waals surface area (Å²) in [5.74, 6) is 2.72. The van der Waals surface area contributed by atoms with Gasteiger partial charge in [0, 0.05) is 54.9 Å². The highest BCUT2D eigenvalue weighted by Crippen LogP contribution is 2.41. The highest BCUT2D eigenvalue weighted by molar-refractivity contribution is 8.00. The quantitative estimate of drug-likeness (QED) is 0.769. The van der Waals surface area contributed by atoms with E-state index in [0.29, 0.717) is 48.0 Å². The Labute approximate surface area is 178 Å². The maximum absolute atomic E-state index is 13.8. The number of fused-ring (bicyclic) bond motifs is 2. The molecule has 10 heteroatoms. The first-order chi connectivity index (χ1) is 14.5. The Morgan fingerprint density at radius 1 is 1.30 bits per heavy atom. The summed E-state index contributed by atoms with van der Waals surface area (Å²) in [4.78, 5) is 17.8. The van der Waals surface area contributed by atoms with E-state index in [0.717, 1.165) is 24.5 Å². The van der Waals surface area contributed by atoms with E-state index in [1.54, 1.807) is 12.3 Å². The van der Waals surface area contributed by atoms with Crippen LogP contribution in [0, 0.1) is 0 Å². The van der Waals surface area contributed by atoms with Crippen LogP contribution in [0.15, 0.2) is 18.3 Å². The molecule has 3 saturated heterocycles. The van der Waals surface area contributed by atoms with Crippen molar-refractivity contribution in [1.82, 2.24) is 15.0 Å². The van der Waals surface area contributed by atoms with Gasteiger partial charge in [-0.1, -0.05) is 0 Å². The van der Waals surface area contributed by atoms with Crippen LogP contribution >= 0.6 is 11.8 Å². The lowest BCUT2D eigenvalue weighted by molar-refractivity contribution is 0.0866. The van der Waals surface area contributed by atoms with E-state index in [1.165, 1.54) is 6.92 Å². The number of hydrogen-bond acceptors (Lipinski definition) is 8. The number of nitrogens with two attached hydrogens (primary N) is 1. The monoisotopic (exact) mass is 434 g/mol. The predicted molar refractivity (Wildman–Crippen MR) is 115 cm³/mol. The number of nitrogens with zero attached hydrogens (tertiary/aromatic N) is 5. The zero-order chi connectivity index (χ0) is 20.8. The van der Waals surface area contributed by atoms with E-state index in [2.05, 4.69) is 14.9 Å². The molecule has 3 aliphatic heterocycles. The van der Waals surface area contributed by atoms with Gasteiger partial charge in [-0.25, -0.2) is 18.7 Å². The SMILES string of the molecule is CC(F)Oc1cc(-c2cc(N3C[C@@H]4C[C@H]3CS4)nc(N3CC[C@@H](F)C3)n2)cnc1N.